The van der Waals surface area contributed by atoms with Crippen LogP contribution in [0.4, 0.5) is 8.78 Å². The maximum atomic E-state index is 13.4. The van der Waals surface area contributed by atoms with Gasteiger partial charge in [-0.2, -0.15) is 5.26 Å². The summed E-state index contributed by atoms with van der Waals surface area (Å²) >= 11 is 7.51. The number of methoxy groups -OCH3 is 1. The van der Waals surface area contributed by atoms with E-state index in [1.807, 2.05) is 13.8 Å². The number of carbonyl (C=O) groups is 2. The average Bonchev–Trinajstić information content (AvgIpc) is 3.28. The monoisotopic (exact) mass is 505 g/mol. The van der Waals surface area contributed by atoms with Crippen LogP contribution in [-0.2, 0) is 16.1 Å². The second-order valence-electron chi connectivity index (χ2n) is 8.01. The van der Waals surface area contributed by atoms with Crippen LogP contribution in [0.2, 0.25) is 0 Å². The van der Waals surface area contributed by atoms with Gasteiger partial charge in [-0.25, -0.2) is 13.6 Å². The van der Waals surface area contributed by atoms with Crippen LogP contribution in [-0.4, -0.2) is 19.0 Å². The first-order valence-corrected chi connectivity index (χ1v) is 11.6. The summed E-state index contributed by atoms with van der Waals surface area (Å²) in [6.45, 7) is 3.98. The largest absolute Gasteiger partial charge is 0.466 e. The Morgan fingerprint density at radius 1 is 1.26 bits per heavy atom. The zero-order valence-corrected chi connectivity index (χ0v) is 20.2. The Bertz CT molecular complexity index is 1230. The molecule has 1 aliphatic heterocycles. The zero-order chi connectivity index (χ0) is 25.0. The van der Waals surface area contributed by atoms with Gasteiger partial charge in [0, 0.05) is 17.1 Å². The van der Waals surface area contributed by atoms with Crippen molar-refractivity contribution in [1.29, 1.82) is 5.26 Å². The lowest BCUT2D eigenvalue weighted by Gasteiger charge is -2.28. The molecule has 2 N–H and O–H groups in total. The second-order valence-corrected chi connectivity index (χ2v) is 9.51. The SMILES string of the molecule is COC(=O)C1=C(Cl)NC(CC(C)C)=C(C#N)C1c1ccc(C(=O)NCc2ccc(F)c(F)c2)s1. The minimum atomic E-state index is -0.997. The highest BCUT2D eigenvalue weighted by Gasteiger charge is 2.37. The number of benzene rings is 1. The van der Waals surface area contributed by atoms with Crippen molar-refractivity contribution in [3.05, 3.63) is 79.3 Å². The molecule has 0 radical (unpaired) electrons. The van der Waals surface area contributed by atoms with Gasteiger partial charge >= 0.3 is 5.97 Å². The van der Waals surface area contributed by atoms with Crippen LogP contribution in [0.1, 0.15) is 46.3 Å². The first-order valence-electron chi connectivity index (χ1n) is 10.4. The molecule has 1 amide bonds. The highest BCUT2D eigenvalue weighted by molar-refractivity contribution is 7.14. The zero-order valence-electron chi connectivity index (χ0n) is 18.7. The second kappa shape index (κ2) is 10.8. The molecule has 1 aliphatic rings. The van der Waals surface area contributed by atoms with Gasteiger partial charge in [0.05, 0.1) is 35.1 Å². The first-order chi connectivity index (χ1) is 16.2. The van der Waals surface area contributed by atoms with Crippen molar-refractivity contribution in [2.24, 2.45) is 5.92 Å². The smallest absolute Gasteiger partial charge is 0.337 e. The van der Waals surface area contributed by atoms with E-state index in [-0.39, 0.29) is 23.2 Å². The number of nitrogens with zero attached hydrogens (tertiary/aromatic N) is 1. The quantitative estimate of drug-likeness (QED) is 0.404. The number of carbonyl (C=O) groups excluding carboxylic acids is 2. The number of hydrogen-bond donors (Lipinski definition) is 2. The molecule has 34 heavy (non-hydrogen) atoms. The van der Waals surface area contributed by atoms with E-state index in [1.54, 1.807) is 12.1 Å². The number of halogens is 3. The molecule has 0 fully saturated rings. The number of rotatable bonds is 7. The standard InChI is InChI=1S/C24H22ClF2N3O3S/c1-12(2)8-17-14(10-28)20(21(22(25)30-17)24(32)33-3)18-6-7-19(34-18)23(31)29-11-13-4-5-15(26)16(27)9-13/h4-7,9,12,20,30H,8,11H2,1-3H3,(H,29,31). The number of nitriles is 1. The molecule has 1 aromatic carbocycles. The molecule has 0 saturated heterocycles. The van der Waals surface area contributed by atoms with Crippen LogP contribution in [0.3, 0.4) is 0 Å². The van der Waals surface area contributed by atoms with Gasteiger partial charge in [-0.1, -0.05) is 31.5 Å². The van der Waals surface area contributed by atoms with Crippen LogP contribution in [0, 0.1) is 28.9 Å². The molecule has 0 bridgehead atoms. The van der Waals surface area contributed by atoms with Crippen LogP contribution >= 0.6 is 22.9 Å². The fraction of sp³-hybridized carbons (Fsp3) is 0.292. The van der Waals surface area contributed by atoms with E-state index in [4.69, 9.17) is 16.3 Å². The lowest BCUT2D eigenvalue weighted by atomic mass is 9.85. The Balaban J connectivity index is 1.91. The van der Waals surface area contributed by atoms with E-state index in [0.717, 1.165) is 23.5 Å². The van der Waals surface area contributed by atoms with Crippen LogP contribution in [0.25, 0.3) is 0 Å². The molecular weight excluding hydrogens is 484 g/mol. The highest BCUT2D eigenvalue weighted by Crippen LogP contribution is 2.43. The predicted molar refractivity (Wildman–Crippen MR) is 125 cm³/mol. The van der Waals surface area contributed by atoms with Gasteiger partial charge in [0.15, 0.2) is 11.6 Å². The Morgan fingerprint density at radius 3 is 2.62 bits per heavy atom. The third-order valence-electron chi connectivity index (χ3n) is 5.11. The summed E-state index contributed by atoms with van der Waals surface area (Å²) in [5.41, 5.74) is 1.42. The molecule has 1 aromatic heterocycles. The fourth-order valence-corrected chi connectivity index (χ4v) is 4.91. The van der Waals surface area contributed by atoms with E-state index >= 15 is 0 Å². The molecular formula is C24H22ClF2N3O3S. The molecule has 1 atom stereocenters. The maximum Gasteiger partial charge on any atom is 0.337 e. The minimum Gasteiger partial charge on any atom is -0.466 e. The van der Waals surface area contributed by atoms with Crippen molar-refractivity contribution in [2.45, 2.75) is 32.7 Å². The van der Waals surface area contributed by atoms with Crippen LogP contribution < -0.4 is 10.6 Å². The summed E-state index contributed by atoms with van der Waals surface area (Å²) in [6.07, 6.45) is 0.539. The van der Waals surface area contributed by atoms with E-state index in [0.29, 0.717) is 33.0 Å². The van der Waals surface area contributed by atoms with Crippen molar-refractivity contribution in [3.8, 4) is 6.07 Å². The molecule has 0 aliphatic carbocycles. The summed E-state index contributed by atoms with van der Waals surface area (Å²) in [7, 11) is 1.22. The van der Waals surface area contributed by atoms with Gasteiger partial charge < -0.3 is 15.4 Å². The van der Waals surface area contributed by atoms with Gasteiger partial charge in [0.1, 0.15) is 5.16 Å². The summed E-state index contributed by atoms with van der Waals surface area (Å²) in [5.74, 6) is -3.66. The molecule has 6 nitrogen and oxygen atoms in total. The third kappa shape index (κ3) is 5.46. The van der Waals surface area contributed by atoms with Gasteiger partial charge in [-0.15, -0.1) is 11.3 Å². The highest BCUT2D eigenvalue weighted by atomic mass is 35.5. The molecule has 10 heteroatoms. The Morgan fingerprint density at radius 2 is 2.00 bits per heavy atom. The molecule has 3 rings (SSSR count). The van der Waals surface area contributed by atoms with E-state index < -0.39 is 29.4 Å². The molecule has 0 spiro atoms. The van der Waals surface area contributed by atoms with Crippen molar-refractivity contribution in [2.75, 3.05) is 7.11 Å². The molecule has 178 valence electrons. The minimum absolute atomic E-state index is 0.00234. The number of dihydropyridines is 1. The Hall–Kier alpha value is -3.22. The number of amides is 1. The van der Waals surface area contributed by atoms with Gasteiger partial charge in [-0.3, -0.25) is 4.79 Å². The number of allylic oxidation sites excluding steroid dienone is 2. The molecule has 0 saturated carbocycles. The summed E-state index contributed by atoms with van der Waals surface area (Å²) in [5, 5.41) is 15.6. The van der Waals surface area contributed by atoms with Crippen molar-refractivity contribution in [3.63, 3.8) is 0 Å². The molecule has 1 unspecified atom stereocenters. The Kier molecular flexibility index (Phi) is 8.07. The maximum absolute atomic E-state index is 13.4. The van der Waals surface area contributed by atoms with Crippen LogP contribution in [0.15, 0.2) is 52.3 Å². The number of thiophene rings is 1. The first kappa shape index (κ1) is 25.4. The molecule has 2 heterocycles. The number of hydrogen-bond acceptors (Lipinski definition) is 6. The van der Waals surface area contributed by atoms with Gasteiger partial charge in [-0.05, 0) is 42.2 Å². The lowest BCUT2D eigenvalue weighted by molar-refractivity contribution is -0.136. The van der Waals surface area contributed by atoms with E-state index in [9.17, 15) is 23.6 Å². The topological polar surface area (TPSA) is 91.2 Å². The van der Waals surface area contributed by atoms with Crippen molar-refractivity contribution in [1.82, 2.24) is 10.6 Å². The fourth-order valence-electron chi connectivity index (χ4n) is 3.56. The predicted octanol–water partition coefficient (Wildman–Crippen LogP) is 5.09. The Labute approximate surface area is 204 Å². The van der Waals surface area contributed by atoms with Crippen molar-refractivity contribution >= 4 is 34.8 Å². The van der Waals surface area contributed by atoms with Gasteiger partial charge in [0.25, 0.3) is 5.91 Å². The number of ether oxygens (including phenoxy) is 1. The summed E-state index contributed by atoms with van der Waals surface area (Å²) in [4.78, 5) is 26.1. The summed E-state index contributed by atoms with van der Waals surface area (Å²) < 4.78 is 31.4. The third-order valence-corrected chi connectivity index (χ3v) is 6.56. The van der Waals surface area contributed by atoms with Gasteiger partial charge in [0.2, 0.25) is 0 Å². The van der Waals surface area contributed by atoms with Crippen LogP contribution in [0.5, 0.6) is 0 Å². The lowest BCUT2D eigenvalue weighted by Crippen LogP contribution is -2.28. The number of esters is 1. The van der Waals surface area contributed by atoms with E-state index in [1.165, 1.54) is 13.2 Å². The summed E-state index contributed by atoms with van der Waals surface area (Å²) in [6, 6.07) is 8.80. The normalized spacial score (nSPS) is 15.8. The number of nitrogens with one attached hydrogen (secondary N) is 2. The van der Waals surface area contributed by atoms with E-state index in [2.05, 4.69) is 16.7 Å². The van der Waals surface area contributed by atoms with Crippen molar-refractivity contribution < 1.29 is 23.1 Å². The molecule has 2 aromatic rings. The average molecular weight is 506 g/mol.